The van der Waals surface area contributed by atoms with Gasteiger partial charge in [-0.05, 0) is 49.2 Å². The van der Waals surface area contributed by atoms with Gasteiger partial charge in [0.1, 0.15) is 0 Å². The summed E-state index contributed by atoms with van der Waals surface area (Å²) in [4.78, 5) is 23.9. The van der Waals surface area contributed by atoms with Gasteiger partial charge in [0.15, 0.2) is 0 Å². The van der Waals surface area contributed by atoms with E-state index in [1.807, 2.05) is 32.0 Å². The predicted molar refractivity (Wildman–Crippen MR) is 88.3 cm³/mol. The molecule has 0 spiro atoms. The molecule has 0 aliphatic carbocycles. The van der Waals surface area contributed by atoms with Crippen molar-refractivity contribution in [3.63, 3.8) is 0 Å². The first-order chi connectivity index (χ1) is 10.5. The maximum Gasteiger partial charge on any atom is 0.251 e. The molecule has 0 radical (unpaired) electrons. The summed E-state index contributed by atoms with van der Waals surface area (Å²) >= 11 is 5.77. The monoisotopic (exact) mass is 316 g/mol. The Hall–Kier alpha value is -2.33. The van der Waals surface area contributed by atoms with Crippen LogP contribution in [0, 0.1) is 13.8 Å². The molecule has 0 fully saturated rings. The van der Waals surface area contributed by atoms with Crippen molar-refractivity contribution in [3.8, 4) is 0 Å². The van der Waals surface area contributed by atoms with Crippen LogP contribution in [0.15, 0.2) is 42.5 Å². The molecule has 0 unspecified atom stereocenters. The molecule has 0 heterocycles. The van der Waals surface area contributed by atoms with Crippen molar-refractivity contribution >= 4 is 29.1 Å². The smallest absolute Gasteiger partial charge is 0.251 e. The molecule has 0 atom stereocenters. The van der Waals surface area contributed by atoms with Gasteiger partial charge in [-0.2, -0.15) is 0 Å². The van der Waals surface area contributed by atoms with Gasteiger partial charge in [0, 0.05) is 16.3 Å². The summed E-state index contributed by atoms with van der Waals surface area (Å²) in [5, 5.41) is 5.96. The second-order valence-corrected chi connectivity index (χ2v) is 5.44. The van der Waals surface area contributed by atoms with Crippen LogP contribution in [0.3, 0.4) is 0 Å². The number of anilines is 1. The first-order valence-corrected chi connectivity index (χ1v) is 7.25. The lowest BCUT2D eigenvalue weighted by molar-refractivity contribution is -0.115. The van der Waals surface area contributed by atoms with E-state index in [1.54, 1.807) is 24.3 Å². The molecule has 4 nitrogen and oxygen atoms in total. The van der Waals surface area contributed by atoms with Crippen molar-refractivity contribution in [2.75, 3.05) is 11.9 Å². The second kappa shape index (κ2) is 7.09. The fourth-order valence-corrected chi connectivity index (χ4v) is 2.19. The molecule has 2 aromatic carbocycles. The van der Waals surface area contributed by atoms with Crippen LogP contribution in [0.25, 0.3) is 0 Å². The summed E-state index contributed by atoms with van der Waals surface area (Å²) in [6.07, 6.45) is 0. The Kier molecular flexibility index (Phi) is 5.17. The Bertz CT molecular complexity index is 676. The summed E-state index contributed by atoms with van der Waals surface area (Å²) in [6, 6.07) is 12.3. The van der Waals surface area contributed by atoms with Crippen molar-refractivity contribution in [3.05, 3.63) is 64.2 Å². The molecule has 0 aliphatic rings. The van der Waals surface area contributed by atoms with Crippen LogP contribution in [0.5, 0.6) is 0 Å². The van der Waals surface area contributed by atoms with Crippen LogP contribution in [0.2, 0.25) is 5.02 Å². The third-order valence-electron chi connectivity index (χ3n) is 3.26. The van der Waals surface area contributed by atoms with Crippen molar-refractivity contribution in [1.82, 2.24) is 5.32 Å². The van der Waals surface area contributed by atoms with Gasteiger partial charge in [0.25, 0.3) is 5.91 Å². The molecule has 22 heavy (non-hydrogen) atoms. The second-order valence-electron chi connectivity index (χ2n) is 5.00. The molecule has 114 valence electrons. The van der Waals surface area contributed by atoms with Crippen LogP contribution in [-0.2, 0) is 4.79 Å². The molecular weight excluding hydrogens is 300 g/mol. The maximum atomic E-state index is 12.0. The molecule has 2 rings (SSSR count). The number of benzene rings is 2. The molecule has 2 N–H and O–H groups in total. The van der Waals surface area contributed by atoms with E-state index in [0.29, 0.717) is 10.6 Å². The zero-order valence-corrected chi connectivity index (χ0v) is 13.2. The molecule has 2 amide bonds. The number of halogens is 1. The highest BCUT2D eigenvalue weighted by Gasteiger charge is 2.10. The number of rotatable bonds is 4. The van der Waals surface area contributed by atoms with Gasteiger partial charge in [-0.3, -0.25) is 9.59 Å². The van der Waals surface area contributed by atoms with Crippen LogP contribution in [0.4, 0.5) is 5.69 Å². The molecular formula is C17H17ClN2O2. The lowest BCUT2D eigenvalue weighted by Crippen LogP contribution is -2.33. The zero-order valence-electron chi connectivity index (χ0n) is 12.4. The van der Waals surface area contributed by atoms with E-state index in [0.717, 1.165) is 16.8 Å². The number of nitrogens with one attached hydrogen (secondary N) is 2. The van der Waals surface area contributed by atoms with Gasteiger partial charge >= 0.3 is 0 Å². The summed E-state index contributed by atoms with van der Waals surface area (Å²) < 4.78 is 0. The lowest BCUT2D eigenvalue weighted by atomic mass is 10.1. The molecule has 0 bridgehead atoms. The molecule has 0 saturated carbocycles. The third kappa shape index (κ3) is 4.09. The largest absolute Gasteiger partial charge is 0.343 e. The van der Waals surface area contributed by atoms with Crippen molar-refractivity contribution in [1.29, 1.82) is 0 Å². The Morgan fingerprint density at radius 2 is 1.59 bits per heavy atom. The number of para-hydroxylation sites is 1. The molecule has 5 heteroatoms. The van der Waals surface area contributed by atoms with Gasteiger partial charge in [-0.25, -0.2) is 0 Å². The number of hydrogen-bond donors (Lipinski definition) is 2. The van der Waals surface area contributed by atoms with E-state index in [4.69, 9.17) is 11.6 Å². The Morgan fingerprint density at radius 1 is 1.00 bits per heavy atom. The van der Waals surface area contributed by atoms with Crippen molar-refractivity contribution in [2.24, 2.45) is 0 Å². The first-order valence-electron chi connectivity index (χ1n) is 6.87. The average Bonchev–Trinajstić information content (AvgIpc) is 2.49. The topological polar surface area (TPSA) is 58.2 Å². The average molecular weight is 317 g/mol. The van der Waals surface area contributed by atoms with Crippen LogP contribution in [0.1, 0.15) is 21.5 Å². The number of hydrogen-bond acceptors (Lipinski definition) is 2. The highest BCUT2D eigenvalue weighted by molar-refractivity contribution is 6.30. The fourth-order valence-electron chi connectivity index (χ4n) is 2.06. The fraction of sp³-hybridized carbons (Fsp3) is 0.176. The minimum atomic E-state index is -0.312. The summed E-state index contributed by atoms with van der Waals surface area (Å²) in [7, 11) is 0. The van der Waals surface area contributed by atoms with E-state index < -0.39 is 0 Å². The van der Waals surface area contributed by atoms with Gasteiger partial charge in [-0.15, -0.1) is 0 Å². The number of amides is 2. The highest BCUT2D eigenvalue weighted by Crippen LogP contribution is 2.19. The molecule has 0 saturated heterocycles. The SMILES string of the molecule is Cc1cccc(C)c1NC(=O)CNC(=O)c1ccc(Cl)cc1. The van der Waals surface area contributed by atoms with E-state index in [-0.39, 0.29) is 18.4 Å². The minimum Gasteiger partial charge on any atom is -0.343 e. The number of carbonyl (C=O) groups excluding carboxylic acids is 2. The van der Waals surface area contributed by atoms with E-state index in [2.05, 4.69) is 10.6 Å². The van der Waals surface area contributed by atoms with E-state index in [1.165, 1.54) is 0 Å². The van der Waals surface area contributed by atoms with Crippen molar-refractivity contribution < 1.29 is 9.59 Å². The van der Waals surface area contributed by atoms with Gasteiger partial charge in [0.05, 0.1) is 6.54 Å². The third-order valence-corrected chi connectivity index (χ3v) is 3.51. The molecule has 0 aliphatic heterocycles. The highest BCUT2D eigenvalue weighted by atomic mass is 35.5. The first kappa shape index (κ1) is 16.0. The quantitative estimate of drug-likeness (QED) is 0.909. The summed E-state index contributed by atoms with van der Waals surface area (Å²) in [5.74, 6) is -0.576. The minimum absolute atomic E-state index is 0.0881. The van der Waals surface area contributed by atoms with Crippen LogP contribution >= 0.6 is 11.6 Å². The zero-order chi connectivity index (χ0) is 16.1. The number of carbonyl (C=O) groups is 2. The maximum absolute atomic E-state index is 12.0. The Labute approximate surface area is 134 Å². The van der Waals surface area contributed by atoms with Gasteiger partial charge in [-0.1, -0.05) is 29.8 Å². The summed E-state index contributed by atoms with van der Waals surface area (Å²) in [6.45, 7) is 3.76. The predicted octanol–water partition coefficient (Wildman–Crippen LogP) is 3.33. The van der Waals surface area contributed by atoms with Crippen molar-refractivity contribution in [2.45, 2.75) is 13.8 Å². The molecule has 2 aromatic rings. The van der Waals surface area contributed by atoms with Crippen LogP contribution < -0.4 is 10.6 Å². The van der Waals surface area contributed by atoms with E-state index in [9.17, 15) is 9.59 Å². The standard InChI is InChI=1S/C17H17ClN2O2/c1-11-4-3-5-12(2)16(11)20-15(21)10-19-17(22)13-6-8-14(18)9-7-13/h3-9H,10H2,1-2H3,(H,19,22)(H,20,21). The van der Waals surface area contributed by atoms with Crippen LogP contribution in [-0.4, -0.2) is 18.4 Å². The van der Waals surface area contributed by atoms with E-state index >= 15 is 0 Å². The van der Waals surface area contributed by atoms with Gasteiger partial charge in [0.2, 0.25) is 5.91 Å². The lowest BCUT2D eigenvalue weighted by Gasteiger charge is -2.12. The molecule has 0 aromatic heterocycles. The Balaban J connectivity index is 1.93. The van der Waals surface area contributed by atoms with Gasteiger partial charge < -0.3 is 10.6 Å². The Morgan fingerprint density at radius 3 is 2.18 bits per heavy atom. The normalized spacial score (nSPS) is 10.1. The summed E-state index contributed by atoms with van der Waals surface area (Å²) in [5.41, 5.74) is 3.22. The number of aryl methyl sites for hydroxylation is 2.